The van der Waals surface area contributed by atoms with E-state index in [4.69, 9.17) is 0 Å². The van der Waals surface area contributed by atoms with Gasteiger partial charge in [-0.05, 0) is 43.6 Å². The fourth-order valence-electron chi connectivity index (χ4n) is 4.04. The normalized spacial score (nSPS) is 18.9. The van der Waals surface area contributed by atoms with Crippen LogP contribution >= 0.6 is 0 Å². The molecule has 0 bridgehead atoms. The number of hydrogen-bond donors (Lipinski definition) is 1. The zero-order valence-electron chi connectivity index (χ0n) is 15.9. The van der Waals surface area contributed by atoms with Crippen molar-refractivity contribution < 1.29 is 0 Å². The molecule has 2 aromatic heterocycles. The van der Waals surface area contributed by atoms with Gasteiger partial charge in [-0.25, -0.2) is 0 Å². The molecule has 2 aromatic rings. The second kappa shape index (κ2) is 5.84. The van der Waals surface area contributed by atoms with E-state index >= 15 is 0 Å². The predicted molar refractivity (Wildman–Crippen MR) is 104 cm³/mol. The Morgan fingerprint density at radius 2 is 2.00 bits per heavy atom. The van der Waals surface area contributed by atoms with E-state index in [1.54, 1.807) is 6.20 Å². The van der Waals surface area contributed by atoms with E-state index in [0.717, 1.165) is 49.1 Å². The Hall–Kier alpha value is -2.35. The van der Waals surface area contributed by atoms with Gasteiger partial charge in [0.1, 0.15) is 11.6 Å². The molecule has 0 unspecified atom stereocenters. The number of fused-ring (bicyclic) bond motifs is 1. The van der Waals surface area contributed by atoms with Gasteiger partial charge in [-0.3, -0.25) is 9.78 Å². The summed E-state index contributed by atoms with van der Waals surface area (Å²) in [5, 5.41) is 10.6. The summed E-state index contributed by atoms with van der Waals surface area (Å²) < 4.78 is 0. The molecular formula is C21H26N4O. The second-order valence-electron chi connectivity index (χ2n) is 8.63. The van der Waals surface area contributed by atoms with Gasteiger partial charge < -0.3 is 9.88 Å². The summed E-state index contributed by atoms with van der Waals surface area (Å²) in [6.07, 6.45) is 7.71. The van der Waals surface area contributed by atoms with Crippen LogP contribution in [0.1, 0.15) is 64.1 Å². The molecule has 1 aliphatic heterocycles. The minimum atomic E-state index is -0.314. The molecule has 2 aliphatic rings. The van der Waals surface area contributed by atoms with Gasteiger partial charge in [0.15, 0.2) is 0 Å². The minimum absolute atomic E-state index is 0.0473. The average Bonchev–Trinajstić information content (AvgIpc) is 3.40. The third-order valence-electron chi connectivity index (χ3n) is 6.66. The van der Waals surface area contributed by atoms with E-state index in [9.17, 15) is 10.1 Å². The van der Waals surface area contributed by atoms with E-state index in [0.29, 0.717) is 10.9 Å². The molecule has 0 radical (unpaired) electrons. The summed E-state index contributed by atoms with van der Waals surface area (Å²) in [6.45, 7) is 8.34. The summed E-state index contributed by atoms with van der Waals surface area (Å²) in [6, 6.07) is 4.23. The number of aromatic amines is 1. The smallest absolute Gasteiger partial charge is 0.268 e. The van der Waals surface area contributed by atoms with Crippen LogP contribution in [0.15, 0.2) is 17.1 Å². The van der Waals surface area contributed by atoms with Crippen molar-refractivity contribution in [1.82, 2.24) is 9.97 Å². The van der Waals surface area contributed by atoms with Crippen molar-refractivity contribution in [3.8, 4) is 6.07 Å². The van der Waals surface area contributed by atoms with Crippen molar-refractivity contribution >= 4 is 16.6 Å². The average molecular weight is 350 g/mol. The van der Waals surface area contributed by atoms with Crippen LogP contribution in [0.3, 0.4) is 0 Å². The van der Waals surface area contributed by atoms with Crippen LogP contribution in [-0.2, 0) is 5.41 Å². The highest BCUT2D eigenvalue weighted by molar-refractivity contribution is 5.94. The monoisotopic (exact) mass is 350 g/mol. The molecule has 3 heterocycles. The van der Waals surface area contributed by atoms with Gasteiger partial charge in [-0.2, -0.15) is 5.26 Å². The number of pyridine rings is 2. The maximum atomic E-state index is 12.5. The van der Waals surface area contributed by atoms with Crippen molar-refractivity contribution in [3.05, 3.63) is 33.9 Å². The van der Waals surface area contributed by atoms with Crippen LogP contribution in [0, 0.1) is 16.7 Å². The third-order valence-corrected chi connectivity index (χ3v) is 6.66. The Kier molecular flexibility index (Phi) is 3.83. The molecule has 2 fully saturated rings. The minimum Gasteiger partial charge on any atom is -0.370 e. The molecule has 0 amide bonds. The number of hydrogen-bond acceptors (Lipinski definition) is 4. The molecule has 26 heavy (non-hydrogen) atoms. The Morgan fingerprint density at radius 1 is 1.31 bits per heavy atom. The molecule has 1 N–H and O–H groups in total. The summed E-state index contributed by atoms with van der Waals surface area (Å²) in [5.41, 5.74) is 2.94. The van der Waals surface area contributed by atoms with Crippen molar-refractivity contribution in [2.75, 3.05) is 18.0 Å². The zero-order chi connectivity index (χ0) is 18.5. The Labute approximate surface area is 154 Å². The van der Waals surface area contributed by atoms with Crippen LogP contribution in [0.2, 0.25) is 0 Å². The van der Waals surface area contributed by atoms with Crippen LogP contribution in [0.25, 0.3) is 10.9 Å². The second-order valence-corrected chi connectivity index (χ2v) is 8.63. The number of aromatic nitrogens is 2. The van der Waals surface area contributed by atoms with Gasteiger partial charge in [0.2, 0.25) is 0 Å². The summed E-state index contributed by atoms with van der Waals surface area (Å²) >= 11 is 0. The summed E-state index contributed by atoms with van der Waals surface area (Å²) in [5.74, 6) is 0. The Balaban J connectivity index is 1.88. The maximum Gasteiger partial charge on any atom is 0.268 e. The Morgan fingerprint density at radius 3 is 2.58 bits per heavy atom. The predicted octanol–water partition coefficient (Wildman–Crippen LogP) is 3.86. The van der Waals surface area contributed by atoms with Crippen molar-refractivity contribution in [1.29, 1.82) is 5.26 Å². The summed E-state index contributed by atoms with van der Waals surface area (Å²) in [7, 11) is 0. The number of piperidine rings is 1. The topological polar surface area (TPSA) is 72.8 Å². The third kappa shape index (κ3) is 2.68. The molecule has 5 heteroatoms. The Bertz CT molecular complexity index is 952. The lowest BCUT2D eigenvalue weighted by atomic mass is 9.85. The number of H-pyrrole nitrogens is 1. The molecular weight excluding hydrogens is 324 g/mol. The lowest BCUT2D eigenvalue weighted by Crippen LogP contribution is -2.36. The molecule has 1 saturated carbocycles. The number of nitrogens with zero attached hydrogens (tertiary/aromatic N) is 3. The van der Waals surface area contributed by atoms with E-state index in [2.05, 4.69) is 47.8 Å². The molecule has 1 spiro atoms. The quantitative estimate of drug-likeness (QED) is 0.912. The molecule has 0 atom stereocenters. The molecule has 1 aliphatic carbocycles. The van der Waals surface area contributed by atoms with Gasteiger partial charge in [-0.1, -0.05) is 20.8 Å². The fourth-order valence-corrected chi connectivity index (χ4v) is 4.04. The summed E-state index contributed by atoms with van der Waals surface area (Å²) in [4.78, 5) is 22.2. The van der Waals surface area contributed by atoms with E-state index < -0.39 is 0 Å². The molecule has 0 aromatic carbocycles. The number of nitriles is 1. The fraction of sp³-hybridized carbons (Fsp3) is 0.571. The van der Waals surface area contributed by atoms with Gasteiger partial charge >= 0.3 is 0 Å². The van der Waals surface area contributed by atoms with Crippen LogP contribution < -0.4 is 10.5 Å². The largest absolute Gasteiger partial charge is 0.370 e. The molecule has 5 nitrogen and oxygen atoms in total. The van der Waals surface area contributed by atoms with Crippen LogP contribution in [-0.4, -0.2) is 23.1 Å². The SMILES string of the molecule is CCC(C)(C)c1cc2c(N3CCC4(CC3)CC4)c(C#N)c(=O)[nH]c2cn1. The number of nitrogens with one attached hydrogen (secondary N) is 1. The van der Waals surface area contributed by atoms with Crippen molar-refractivity contribution in [2.24, 2.45) is 5.41 Å². The van der Waals surface area contributed by atoms with E-state index in [1.165, 1.54) is 12.8 Å². The number of anilines is 1. The standard InChI is InChI=1S/C21H26N4O/c1-4-20(2,3)17-11-14-16(13-23-17)24-19(26)15(12-22)18(14)25-9-7-21(5-6-21)8-10-25/h11,13H,4-10H2,1-3H3,(H,24,26). The van der Waals surface area contributed by atoms with E-state index in [-0.39, 0.29) is 16.5 Å². The first-order valence-electron chi connectivity index (χ1n) is 9.61. The first-order chi connectivity index (χ1) is 12.4. The van der Waals surface area contributed by atoms with Crippen LogP contribution in [0.5, 0.6) is 0 Å². The molecule has 1 saturated heterocycles. The van der Waals surface area contributed by atoms with Crippen molar-refractivity contribution in [2.45, 2.75) is 58.3 Å². The first-order valence-corrected chi connectivity index (χ1v) is 9.61. The zero-order valence-corrected chi connectivity index (χ0v) is 15.9. The van der Waals surface area contributed by atoms with E-state index in [1.807, 2.05) is 0 Å². The number of rotatable bonds is 3. The van der Waals surface area contributed by atoms with Crippen LogP contribution in [0.4, 0.5) is 5.69 Å². The highest BCUT2D eigenvalue weighted by Crippen LogP contribution is 2.54. The lowest BCUT2D eigenvalue weighted by Gasteiger charge is -2.35. The molecule has 136 valence electrons. The van der Waals surface area contributed by atoms with Crippen molar-refractivity contribution in [3.63, 3.8) is 0 Å². The first kappa shape index (κ1) is 17.1. The highest BCUT2D eigenvalue weighted by atomic mass is 16.1. The van der Waals surface area contributed by atoms with Gasteiger partial charge in [-0.15, -0.1) is 0 Å². The lowest BCUT2D eigenvalue weighted by molar-refractivity contribution is 0.385. The maximum absolute atomic E-state index is 12.5. The molecule has 4 rings (SSSR count). The van der Waals surface area contributed by atoms with Gasteiger partial charge in [0, 0.05) is 29.6 Å². The van der Waals surface area contributed by atoms with Gasteiger partial charge in [0.25, 0.3) is 5.56 Å². The highest BCUT2D eigenvalue weighted by Gasteiger charge is 2.44. The van der Waals surface area contributed by atoms with Gasteiger partial charge in [0.05, 0.1) is 17.4 Å².